The zero-order valence-electron chi connectivity index (χ0n) is 20.7. The molecule has 0 unspecified atom stereocenters. The van der Waals surface area contributed by atoms with E-state index < -0.39 is 6.04 Å². The molecule has 1 aliphatic rings. The summed E-state index contributed by atoms with van der Waals surface area (Å²) in [6.45, 7) is 5.80. The van der Waals surface area contributed by atoms with Gasteiger partial charge in [-0.2, -0.15) is 5.10 Å². The molecular formula is C29H26ClN5O2. The van der Waals surface area contributed by atoms with E-state index in [0.717, 1.165) is 22.4 Å². The van der Waals surface area contributed by atoms with E-state index in [0.29, 0.717) is 33.4 Å². The van der Waals surface area contributed by atoms with Crippen LogP contribution in [0.3, 0.4) is 0 Å². The Balaban J connectivity index is 1.55. The number of anilines is 3. The second kappa shape index (κ2) is 9.95. The number of aromatic nitrogens is 2. The maximum atomic E-state index is 13.7. The predicted molar refractivity (Wildman–Crippen MR) is 147 cm³/mol. The lowest BCUT2D eigenvalue weighted by Crippen LogP contribution is -2.32. The van der Waals surface area contributed by atoms with Gasteiger partial charge in [0.2, 0.25) is 0 Å². The number of halogens is 1. The number of allylic oxidation sites excluding steroid dienone is 1. The summed E-state index contributed by atoms with van der Waals surface area (Å²) < 4.78 is 1.67. The first-order valence-corrected chi connectivity index (χ1v) is 12.3. The zero-order chi connectivity index (χ0) is 26.1. The molecule has 0 spiro atoms. The number of para-hydroxylation sites is 1. The highest BCUT2D eigenvalue weighted by atomic mass is 35.5. The van der Waals surface area contributed by atoms with Gasteiger partial charge in [-0.3, -0.25) is 9.59 Å². The third-order valence-electron chi connectivity index (χ3n) is 6.36. The Morgan fingerprint density at radius 2 is 1.65 bits per heavy atom. The molecule has 0 saturated carbocycles. The second-order valence-corrected chi connectivity index (χ2v) is 9.50. The zero-order valence-corrected chi connectivity index (χ0v) is 21.4. The van der Waals surface area contributed by atoms with Crippen LogP contribution in [0.4, 0.5) is 17.2 Å². The molecule has 1 aromatic heterocycles. The summed E-state index contributed by atoms with van der Waals surface area (Å²) in [6.07, 6.45) is 1.52. The summed E-state index contributed by atoms with van der Waals surface area (Å²) in [5, 5.41) is 14.4. The van der Waals surface area contributed by atoms with Gasteiger partial charge >= 0.3 is 0 Å². The van der Waals surface area contributed by atoms with Crippen molar-refractivity contribution in [3.63, 3.8) is 0 Å². The van der Waals surface area contributed by atoms with Gasteiger partial charge in [-0.05, 0) is 62.2 Å². The molecule has 0 aliphatic carbocycles. The number of benzene rings is 3. The number of carbonyl (C=O) groups is 2. The number of nitrogens with zero attached hydrogens (tertiary/aromatic N) is 2. The van der Waals surface area contributed by atoms with Gasteiger partial charge in [0.25, 0.3) is 11.8 Å². The van der Waals surface area contributed by atoms with Gasteiger partial charge in [0, 0.05) is 22.1 Å². The molecular weight excluding hydrogens is 486 g/mol. The highest BCUT2D eigenvalue weighted by Gasteiger charge is 2.35. The average Bonchev–Trinajstić information content (AvgIpc) is 3.29. The fraction of sp³-hybridized carbons (Fsp3) is 0.138. The van der Waals surface area contributed by atoms with E-state index in [1.165, 1.54) is 6.20 Å². The molecule has 0 bridgehead atoms. The van der Waals surface area contributed by atoms with Gasteiger partial charge in [0.15, 0.2) is 0 Å². The van der Waals surface area contributed by atoms with Gasteiger partial charge < -0.3 is 16.0 Å². The number of rotatable bonds is 5. The molecule has 8 heteroatoms. The highest BCUT2D eigenvalue weighted by molar-refractivity contribution is 6.30. The Hall–Kier alpha value is -4.36. The fourth-order valence-electron chi connectivity index (χ4n) is 4.53. The Kier molecular flexibility index (Phi) is 6.54. The average molecular weight is 512 g/mol. The monoisotopic (exact) mass is 511 g/mol. The SMILES string of the molecule is CC1=C(C(=O)Nc2ccc(C)cc2C)[C@H](c2ccc(Cl)cc2)n2ncc(C(=O)Nc3ccccc3)c2N1. The van der Waals surface area contributed by atoms with Crippen molar-refractivity contribution in [3.05, 3.63) is 118 Å². The summed E-state index contributed by atoms with van der Waals surface area (Å²) in [7, 11) is 0. The standard InChI is InChI=1S/C29H26ClN5O2/c1-17-9-14-24(18(2)15-17)34-29(37)25-19(3)32-27-23(28(36)33-22-7-5-4-6-8-22)16-31-35(27)26(25)20-10-12-21(30)13-11-20/h4-16,26,32H,1-3H3,(H,33,36)(H,34,37)/t26-/m0/s1. The summed E-state index contributed by atoms with van der Waals surface area (Å²) >= 11 is 6.16. The normalized spacial score (nSPS) is 14.5. The maximum Gasteiger partial charge on any atom is 0.261 e. The van der Waals surface area contributed by atoms with Crippen molar-refractivity contribution in [3.8, 4) is 0 Å². The molecule has 4 aromatic rings. The molecule has 3 aromatic carbocycles. The van der Waals surface area contributed by atoms with Crippen LogP contribution in [0.2, 0.25) is 5.02 Å². The van der Waals surface area contributed by atoms with Crippen LogP contribution in [-0.4, -0.2) is 21.6 Å². The van der Waals surface area contributed by atoms with E-state index in [-0.39, 0.29) is 11.8 Å². The van der Waals surface area contributed by atoms with Gasteiger partial charge in [-0.1, -0.05) is 59.6 Å². The quantitative estimate of drug-likeness (QED) is 0.292. The fourth-order valence-corrected chi connectivity index (χ4v) is 4.66. The van der Waals surface area contributed by atoms with Crippen molar-refractivity contribution in [2.75, 3.05) is 16.0 Å². The van der Waals surface area contributed by atoms with Crippen LogP contribution in [0.5, 0.6) is 0 Å². The molecule has 1 aliphatic heterocycles. The van der Waals surface area contributed by atoms with Crippen LogP contribution in [0.1, 0.15) is 40.0 Å². The number of fused-ring (bicyclic) bond motifs is 1. The van der Waals surface area contributed by atoms with Gasteiger partial charge in [-0.15, -0.1) is 0 Å². The van der Waals surface area contributed by atoms with Gasteiger partial charge in [0.1, 0.15) is 17.4 Å². The molecule has 0 radical (unpaired) electrons. The Morgan fingerprint density at radius 3 is 2.35 bits per heavy atom. The van der Waals surface area contributed by atoms with E-state index in [2.05, 4.69) is 21.0 Å². The maximum absolute atomic E-state index is 13.7. The lowest BCUT2D eigenvalue weighted by atomic mass is 9.94. The first-order valence-electron chi connectivity index (χ1n) is 11.9. The summed E-state index contributed by atoms with van der Waals surface area (Å²) in [6, 6.07) is 21.8. The minimum atomic E-state index is -0.572. The van der Waals surface area contributed by atoms with Crippen molar-refractivity contribution in [2.24, 2.45) is 0 Å². The lowest BCUT2D eigenvalue weighted by Gasteiger charge is -2.30. The predicted octanol–water partition coefficient (Wildman–Crippen LogP) is 6.33. The molecule has 3 N–H and O–H groups in total. The molecule has 7 nitrogen and oxygen atoms in total. The van der Waals surface area contributed by atoms with Crippen molar-refractivity contribution < 1.29 is 9.59 Å². The van der Waals surface area contributed by atoms with Crippen LogP contribution in [-0.2, 0) is 4.79 Å². The number of nitrogens with one attached hydrogen (secondary N) is 3. The first kappa shape index (κ1) is 24.3. The smallest absolute Gasteiger partial charge is 0.261 e. The molecule has 37 heavy (non-hydrogen) atoms. The molecule has 2 amide bonds. The van der Waals surface area contributed by atoms with Crippen molar-refractivity contribution in [2.45, 2.75) is 26.8 Å². The largest absolute Gasteiger partial charge is 0.343 e. The van der Waals surface area contributed by atoms with E-state index in [1.54, 1.807) is 16.8 Å². The van der Waals surface area contributed by atoms with Gasteiger partial charge in [0.05, 0.1) is 11.8 Å². The van der Waals surface area contributed by atoms with Gasteiger partial charge in [-0.25, -0.2) is 4.68 Å². The molecule has 5 rings (SSSR count). The number of hydrogen-bond donors (Lipinski definition) is 3. The molecule has 2 heterocycles. The molecule has 0 fully saturated rings. The van der Waals surface area contributed by atoms with Crippen molar-refractivity contribution in [1.82, 2.24) is 9.78 Å². The van der Waals surface area contributed by atoms with Crippen LogP contribution in [0.15, 0.2) is 90.3 Å². The third kappa shape index (κ3) is 4.86. The Labute approximate surface area is 220 Å². The lowest BCUT2D eigenvalue weighted by molar-refractivity contribution is -0.113. The van der Waals surface area contributed by atoms with E-state index >= 15 is 0 Å². The minimum Gasteiger partial charge on any atom is -0.343 e. The number of carbonyl (C=O) groups excluding carboxylic acids is 2. The number of amides is 2. The second-order valence-electron chi connectivity index (χ2n) is 9.06. The summed E-state index contributed by atoms with van der Waals surface area (Å²) in [5.41, 5.74) is 5.81. The molecule has 0 saturated heterocycles. The van der Waals surface area contributed by atoms with E-state index in [9.17, 15) is 9.59 Å². The molecule has 1 atom stereocenters. The minimum absolute atomic E-state index is 0.256. The summed E-state index contributed by atoms with van der Waals surface area (Å²) in [5.74, 6) is -0.0481. The Bertz CT molecular complexity index is 1520. The number of hydrogen-bond acceptors (Lipinski definition) is 4. The van der Waals surface area contributed by atoms with Crippen molar-refractivity contribution >= 4 is 40.6 Å². The van der Waals surface area contributed by atoms with Crippen LogP contribution in [0.25, 0.3) is 0 Å². The van der Waals surface area contributed by atoms with Crippen molar-refractivity contribution in [1.29, 1.82) is 0 Å². The third-order valence-corrected chi connectivity index (χ3v) is 6.61. The van der Waals surface area contributed by atoms with Crippen LogP contribution >= 0.6 is 11.6 Å². The van der Waals surface area contributed by atoms with Crippen LogP contribution < -0.4 is 16.0 Å². The van der Waals surface area contributed by atoms with E-state index in [1.807, 2.05) is 81.4 Å². The molecule has 186 valence electrons. The summed E-state index contributed by atoms with van der Waals surface area (Å²) in [4.78, 5) is 26.8. The highest BCUT2D eigenvalue weighted by Crippen LogP contribution is 2.38. The topological polar surface area (TPSA) is 88.0 Å². The number of aryl methyl sites for hydroxylation is 2. The van der Waals surface area contributed by atoms with E-state index in [4.69, 9.17) is 11.6 Å². The first-order chi connectivity index (χ1) is 17.8. The van der Waals surface area contributed by atoms with Crippen LogP contribution in [0, 0.1) is 13.8 Å². The Morgan fingerprint density at radius 1 is 0.919 bits per heavy atom.